The van der Waals surface area contributed by atoms with Gasteiger partial charge in [-0.2, -0.15) is 0 Å². The van der Waals surface area contributed by atoms with Crippen LogP contribution in [-0.2, 0) is 9.59 Å². The summed E-state index contributed by atoms with van der Waals surface area (Å²) in [4.78, 5) is 41.5. The number of hydrogen-bond donors (Lipinski definition) is 1. The van der Waals surface area contributed by atoms with Crippen LogP contribution in [0.15, 0.2) is 54.6 Å². The molecule has 0 saturated carbocycles. The lowest BCUT2D eigenvalue weighted by atomic mass is 9.96. The Bertz CT molecular complexity index is 924. The number of nitrogens with zero attached hydrogens (tertiary/aromatic N) is 2. The molecule has 6 heteroatoms. The Hall–Kier alpha value is -3.15. The fourth-order valence-electron chi connectivity index (χ4n) is 4.02. The summed E-state index contributed by atoms with van der Waals surface area (Å²) in [5.41, 5.74) is 2.72. The highest BCUT2D eigenvalue weighted by atomic mass is 16.2. The second-order valence-electron chi connectivity index (χ2n) is 7.97. The van der Waals surface area contributed by atoms with Crippen LogP contribution in [0.4, 0.5) is 0 Å². The van der Waals surface area contributed by atoms with Crippen LogP contribution >= 0.6 is 0 Å². The number of nitrogens with one attached hydrogen (secondary N) is 1. The smallest absolute Gasteiger partial charge is 0.253 e. The van der Waals surface area contributed by atoms with Crippen molar-refractivity contribution in [3.8, 4) is 11.1 Å². The van der Waals surface area contributed by atoms with Crippen molar-refractivity contribution in [3.05, 3.63) is 60.2 Å². The molecule has 0 unspecified atom stereocenters. The maximum atomic E-state index is 13.0. The molecule has 0 spiro atoms. The van der Waals surface area contributed by atoms with Crippen LogP contribution in [0, 0.1) is 5.92 Å². The Morgan fingerprint density at radius 2 is 1.62 bits per heavy atom. The van der Waals surface area contributed by atoms with Crippen LogP contribution < -0.4 is 5.32 Å². The van der Waals surface area contributed by atoms with Gasteiger partial charge in [-0.1, -0.05) is 56.3 Å². The van der Waals surface area contributed by atoms with E-state index in [1.165, 1.54) is 0 Å². The van der Waals surface area contributed by atoms with E-state index in [1.54, 1.807) is 9.80 Å². The number of rotatable bonds is 3. The van der Waals surface area contributed by atoms with Gasteiger partial charge in [0.25, 0.3) is 5.91 Å². The number of benzene rings is 2. The van der Waals surface area contributed by atoms with E-state index < -0.39 is 12.1 Å². The fraction of sp³-hybridized carbons (Fsp3) is 0.348. The van der Waals surface area contributed by atoms with E-state index >= 15 is 0 Å². The van der Waals surface area contributed by atoms with E-state index in [1.807, 2.05) is 68.4 Å². The quantitative estimate of drug-likeness (QED) is 0.872. The standard InChI is InChI=1S/C23H25N3O3/c1-15(2)20-23(29)26-13-12-25(14-19(26)21(27)24-20)22(28)18-10-8-17(9-11-18)16-6-4-3-5-7-16/h3-11,15,19-20H,12-14H2,1-2H3,(H,24,27)/t19-,20+/m1/s1. The fourth-order valence-corrected chi connectivity index (χ4v) is 4.02. The Kier molecular flexibility index (Phi) is 5.09. The molecule has 2 saturated heterocycles. The summed E-state index contributed by atoms with van der Waals surface area (Å²) in [5.74, 6) is -0.310. The molecule has 2 aromatic carbocycles. The molecule has 150 valence electrons. The molecule has 1 N–H and O–H groups in total. The van der Waals surface area contributed by atoms with Crippen LogP contribution in [-0.4, -0.2) is 59.2 Å². The van der Waals surface area contributed by atoms with Crippen LogP contribution in [0.5, 0.6) is 0 Å². The van der Waals surface area contributed by atoms with E-state index in [0.717, 1.165) is 11.1 Å². The van der Waals surface area contributed by atoms with Crippen molar-refractivity contribution < 1.29 is 14.4 Å². The summed E-state index contributed by atoms with van der Waals surface area (Å²) in [6, 6.07) is 16.4. The van der Waals surface area contributed by atoms with Crippen molar-refractivity contribution in [3.63, 3.8) is 0 Å². The summed E-state index contributed by atoms with van der Waals surface area (Å²) < 4.78 is 0. The molecule has 0 bridgehead atoms. The second-order valence-corrected chi connectivity index (χ2v) is 7.97. The normalized spacial score (nSPS) is 21.8. The van der Waals surface area contributed by atoms with Gasteiger partial charge >= 0.3 is 0 Å². The first-order chi connectivity index (χ1) is 14.0. The van der Waals surface area contributed by atoms with Crippen molar-refractivity contribution >= 4 is 17.7 Å². The molecule has 0 radical (unpaired) electrons. The highest BCUT2D eigenvalue weighted by Crippen LogP contribution is 2.23. The molecule has 0 aliphatic carbocycles. The highest BCUT2D eigenvalue weighted by molar-refractivity contribution is 5.99. The molecule has 29 heavy (non-hydrogen) atoms. The molecule has 2 aliphatic rings. The summed E-state index contributed by atoms with van der Waals surface area (Å²) in [6.07, 6.45) is 0. The van der Waals surface area contributed by atoms with E-state index in [2.05, 4.69) is 5.32 Å². The van der Waals surface area contributed by atoms with Gasteiger partial charge in [-0.25, -0.2) is 0 Å². The average Bonchev–Trinajstić information content (AvgIpc) is 2.76. The average molecular weight is 391 g/mol. The Morgan fingerprint density at radius 3 is 2.28 bits per heavy atom. The third kappa shape index (κ3) is 3.62. The molecule has 2 heterocycles. The van der Waals surface area contributed by atoms with Gasteiger partial charge in [0.05, 0.1) is 6.54 Å². The van der Waals surface area contributed by atoms with E-state index in [0.29, 0.717) is 18.7 Å². The zero-order valence-corrected chi connectivity index (χ0v) is 16.7. The van der Waals surface area contributed by atoms with Crippen LogP contribution in [0.2, 0.25) is 0 Å². The molecule has 6 nitrogen and oxygen atoms in total. The lowest BCUT2D eigenvalue weighted by Gasteiger charge is -2.46. The molecular weight excluding hydrogens is 366 g/mol. The van der Waals surface area contributed by atoms with E-state index in [4.69, 9.17) is 0 Å². The number of hydrogen-bond acceptors (Lipinski definition) is 3. The summed E-state index contributed by atoms with van der Waals surface area (Å²) in [7, 11) is 0. The SMILES string of the molecule is CC(C)[C@@H]1NC(=O)[C@H]2CN(C(=O)c3ccc(-c4ccccc4)cc3)CCN2C1=O. The summed E-state index contributed by atoms with van der Waals surface area (Å²) in [6.45, 7) is 4.87. The Morgan fingerprint density at radius 1 is 0.966 bits per heavy atom. The lowest BCUT2D eigenvalue weighted by molar-refractivity contribution is -0.153. The molecule has 2 fully saturated rings. The summed E-state index contributed by atoms with van der Waals surface area (Å²) >= 11 is 0. The first kappa shape index (κ1) is 19.2. The molecule has 2 aliphatic heterocycles. The third-order valence-corrected chi connectivity index (χ3v) is 5.72. The first-order valence-corrected chi connectivity index (χ1v) is 10.0. The molecule has 3 amide bonds. The van der Waals surface area contributed by atoms with Gasteiger partial charge in [0.1, 0.15) is 12.1 Å². The minimum absolute atomic E-state index is 0.0372. The second kappa shape index (κ2) is 7.70. The van der Waals surface area contributed by atoms with Crippen molar-refractivity contribution in [2.75, 3.05) is 19.6 Å². The van der Waals surface area contributed by atoms with Crippen molar-refractivity contribution in [1.82, 2.24) is 15.1 Å². The molecule has 2 aromatic rings. The van der Waals surface area contributed by atoms with Gasteiger partial charge in [0.15, 0.2) is 0 Å². The van der Waals surface area contributed by atoms with E-state index in [9.17, 15) is 14.4 Å². The molecule has 4 rings (SSSR count). The lowest BCUT2D eigenvalue weighted by Crippen LogP contribution is -2.70. The number of carbonyl (C=O) groups is 3. The van der Waals surface area contributed by atoms with Crippen molar-refractivity contribution in [2.24, 2.45) is 5.92 Å². The first-order valence-electron chi connectivity index (χ1n) is 10.0. The maximum Gasteiger partial charge on any atom is 0.253 e. The van der Waals surface area contributed by atoms with Gasteiger partial charge in [0, 0.05) is 18.7 Å². The van der Waals surface area contributed by atoms with Crippen molar-refractivity contribution in [2.45, 2.75) is 25.9 Å². The maximum absolute atomic E-state index is 13.0. The number of fused-ring (bicyclic) bond motifs is 1. The molecule has 2 atom stereocenters. The predicted molar refractivity (Wildman–Crippen MR) is 110 cm³/mol. The minimum atomic E-state index is -0.612. The van der Waals surface area contributed by atoms with Gasteiger partial charge in [-0.15, -0.1) is 0 Å². The van der Waals surface area contributed by atoms with Crippen LogP contribution in [0.25, 0.3) is 11.1 Å². The van der Waals surface area contributed by atoms with Gasteiger partial charge in [0.2, 0.25) is 11.8 Å². The summed E-state index contributed by atoms with van der Waals surface area (Å²) in [5, 5.41) is 2.82. The predicted octanol–water partition coefficient (Wildman–Crippen LogP) is 2.16. The van der Waals surface area contributed by atoms with Crippen LogP contribution in [0.3, 0.4) is 0 Å². The van der Waals surface area contributed by atoms with Crippen LogP contribution in [0.1, 0.15) is 24.2 Å². The zero-order chi connectivity index (χ0) is 20.5. The largest absolute Gasteiger partial charge is 0.342 e. The monoisotopic (exact) mass is 391 g/mol. The Labute approximate surface area is 170 Å². The van der Waals surface area contributed by atoms with Gasteiger partial charge < -0.3 is 15.1 Å². The highest BCUT2D eigenvalue weighted by Gasteiger charge is 2.45. The number of piperazine rings is 2. The number of carbonyl (C=O) groups excluding carboxylic acids is 3. The van der Waals surface area contributed by atoms with Gasteiger partial charge in [-0.05, 0) is 29.2 Å². The number of amides is 3. The van der Waals surface area contributed by atoms with E-state index in [-0.39, 0.29) is 30.2 Å². The van der Waals surface area contributed by atoms with Crippen molar-refractivity contribution in [1.29, 1.82) is 0 Å². The Balaban J connectivity index is 1.47. The molecule has 0 aromatic heterocycles. The molecular formula is C23H25N3O3. The zero-order valence-electron chi connectivity index (χ0n) is 16.7. The minimum Gasteiger partial charge on any atom is -0.342 e. The third-order valence-electron chi connectivity index (χ3n) is 5.72. The topological polar surface area (TPSA) is 69.7 Å². The van der Waals surface area contributed by atoms with Gasteiger partial charge in [-0.3, -0.25) is 14.4 Å².